The Morgan fingerprint density at radius 3 is 2.58 bits per heavy atom. The van der Waals surface area contributed by atoms with E-state index in [0.29, 0.717) is 6.42 Å². The van der Waals surface area contributed by atoms with E-state index in [9.17, 15) is 18.5 Å². The zero-order chi connectivity index (χ0) is 9.19. The standard InChI is InChI=1S/C6H9NO4S/c8-7(9)3-1-6-2-4-12(10,11)5-6/h1,3,6H,2,4-5H2/b3-1+. The molecule has 0 N–H and O–H groups in total. The Morgan fingerprint density at radius 2 is 2.17 bits per heavy atom. The molecule has 1 unspecified atom stereocenters. The van der Waals surface area contributed by atoms with E-state index in [1.54, 1.807) is 0 Å². The van der Waals surface area contributed by atoms with Crippen LogP contribution in [0.2, 0.25) is 0 Å². The zero-order valence-corrected chi connectivity index (χ0v) is 7.16. The van der Waals surface area contributed by atoms with Gasteiger partial charge < -0.3 is 0 Å². The highest BCUT2D eigenvalue weighted by Gasteiger charge is 2.26. The molecular formula is C6H9NO4S. The molecule has 0 radical (unpaired) electrons. The van der Waals surface area contributed by atoms with Crippen molar-refractivity contribution < 1.29 is 13.3 Å². The van der Waals surface area contributed by atoms with Gasteiger partial charge in [-0.1, -0.05) is 0 Å². The van der Waals surface area contributed by atoms with Crippen LogP contribution in [-0.2, 0) is 9.84 Å². The molecule has 6 heteroatoms. The van der Waals surface area contributed by atoms with Crippen LogP contribution in [0.1, 0.15) is 6.42 Å². The van der Waals surface area contributed by atoms with Gasteiger partial charge in [-0.25, -0.2) is 8.42 Å². The molecule has 12 heavy (non-hydrogen) atoms. The third-order valence-electron chi connectivity index (χ3n) is 1.75. The molecule has 0 saturated carbocycles. The smallest absolute Gasteiger partial charge is 0.230 e. The van der Waals surface area contributed by atoms with Crippen LogP contribution in [-0.4, -0.2) is 24.8 Å². The van der Waals surface area contributed by atoms with Gasteiger partial charge in [-0.15, -0.1) is 0 Å². The van der Waals surface area contributed by atoms with Crippen LogP contribution in [0.5, 0.6) is 0 Å². The molecule has 0 aromatic carbocycles. The van der Waals surface area contributed by atoms with Crippen molar-refractivity contribution in [2.24, 2.45) is 5.92 Å². The zero-order valence-electron chi connectivity index (χ0n) is 6.34. The van der Waals surface area contributed by atoms with Gasteiger partial charge in [0.05, 0.1) is 16.4 Å². The summed E-state index contributed by atoms with van der Waals surface area (Å²) in [5, 5.41) is 9.89. The van der Waals surface area contributed by atoms with E-state index in [4.69, 9.17) is 0 Å². The third-order valence-corrected chi connectivity index (χ3v) is 3.54. The summed E-state index contributed by atoms with van der Waals surface area (Å²) < 4.78 is 21.8. The predicted molar refractivity (Wildman–Crippen MR) is 42.9 cm³/mol. The van der Waals surface area contributed by atoms with Crippen molar-refractivity contribution >= 4 is 9.84 Å². The van der Waals surface area contributed by atoms with Crippen molar-refractivity contribution in [1.29, 1.82) is 0 Å². The average molecular weight is 191 g/mol. The number of hydrogen-bond donors (Lipinski definition) is 0. The van der Waals surface area contributed by atoms with E-state index in [1.807, 2.05) is 0 Å². The van der Waals surface area contributed by atoms with Gasteiger partial charge in [0, 0.05) is 0 Å². The maximum absolute atomic E-state index is 10.9. The summed E-state index contributed by atoms with van der Waals surface area (Å²) in [6.45, 7) is 0. The summed E-state index contributed by atoms with van der Waals surface area (Å²) in [6, 6.07) is 0. The van der Waals surface area contributed by atoms with Crippen molar-refractivity contribution in [3.63, 3.8) is 0 Å². The first-order valence-electron chi connectivity index (χ1n) is 3.52. The average Bonchev–Trinajstić information content (AvgIpc) is 2.26. The van der Waals surface area contributed by atoms with Gasteiger partial charge in [-0.05, 0) is 18.4 Å². The Kier molecular flexibility index (Phi) is 2.46. The summed E-state index contributed by atoms with van der Waals surface area (Å²) in [4.78, 5) is 9.31. The summed E-state index contributed by atoms with van der Waals surface area (Å²) >= 11 is 0. The first kappa shape index (κ1) is 9.18. The fourth-order valence-electron chi connectivity index (χ4n) is 1.17. The molecule has 1 aliphatic heterocycles. The number of sulfone groups is 1. The second kappa shape index (κ2) is 3.22. The number of rotatable bonds is 2. The van der Waals surface area contributed by atoms with Crippen molar-refractivity contribution in [3.05, 3.63) is 22.4 Å². The Bertz CT molecular complexity index is 306. The largest absolute Gasteiger partial charge is 0.259 e. The highest BCUT2D eigenvalue weighted by atomic mass is 32.2. The van der Waals surface area contributed by atoms with Gasteiger partial charge in [0.25, 0.3) is 0 Å². The lowest BCUT2D eigenvalue weighted by molar-refractivity contribution is -0.402. The molecule has 1 heterocycles. The van der Waals surface area contributed by atoms with Crippen LogP contribution in [0.15, 0.2) is 12.3 Å². The molecule has 5 nitrogen and oxygen atoms in total. The second-order valence-corrected chi connectivity index (χ2v) is 5.02. The molecule has 1 aliphatic rings. The van der Waals surface area contributed by atoms with Crippen LogP contribution >= 0.6 is 0 Å². The minimum absolute atomic E-state index is 0.0529. The number of nitro groups is 1. The molecular weight excluding hydrogens is 182 g/mol. The number of nitrogens with zero attached hydrogens (tertiary/aromatic N) is 1. The molecule has 0 aliphatic carbocycles. The predicted octanol–water partition coefficient (Wildman–Crippen LogP) is 0.212. The maximum atomic E-state index is 10.9. The van der Waals surface area contributed by atoms with Crippen molar-refractivity contribution in [1.82, 2.24) is 0 Å². The van der Waals surface area contributed by atoms with Gasteiger partial charge in [-0.2, -0.15) is 0 Å². The third kappa shape index (κ3) is 2.61. The monoisotopic (exact) mass is 191 g/mol. The van der Waals surface area contributed by atoms with Gasteiger partial charge in [-0.3, -0.25) is 10.1 Å². The van der Waals surface area contributed by atoms with E-state index in [2.05, 4.69) is 0 Å². The van der Waals surface area contributed by atoms with Crippen LogP contribution in [0.25, 0.3) is 0 Å². The summed E-state index contributed by atoms with van der Waals surface area (Å²) in [7, 11) is -2.92. The first-order valence-corrected chi connectivity index (χ1v) is 5.34. The summed E-state index contributed by atoms with van der Waals surface area (Å²) in [5.74, 6) is 0.0391. The van der Waals surface area contributed by atoms with Crippen LogP contribution in [0.3, 0.4) is 0 Å². The fraction of sp³-hybridized carbons (Fsp3) is 0.667. The molecule has 0 bridgehead atoms. The molecule has 0 amide bonds. The van der Waals surface area contributed by atoms with Crippen LogP contribution in [0.4, 0.5) is 0 Å². The van der Waals surface area contributed by atoms with E-state index < -0.39 is 14.8 Å². The van der Waals surface area contributed by atoms with Crippen molar-refractivity contribution in [2.45, 2.75) is 6.42 Å². The maximum Gasteiger partial charge on any atom is 0.230 e. The first-order chi connectivity index (χ1) is 5.49. The minimum atomic E-state index is -2.92. The van der Waals surface area contributed by atoms with Gasteiger partial charge in [0.15, 0.2) is 9.84 Å². The van der Waals surface area contributed by atoms with E-state index in [0.717, 1.165) is 6.20 Å². The molecule has 1 saturated heterocycles. The normalized spacial score (nSPS) is 27.8. The lowest BCUT2D eigenvalue weighted by atomic mass is 10.1. The highest BCUT2D eigenvalue weighted by Crippen LogP contribution is 2.19. The summed E-state index contributed by atoms with van der Waals surface area (Å²) in [6.07, 6.45) is 2.67. The van der Waals surface area contributed by atoms with Crippen LogP contribution < -0.4 is 0 Å². The molecule has 1 fully saturated rings. The number of hydrogen-bond acceptors (Lipinski definition) is 4. The van der Waals surface area contributed by atoms with Gasteiger partial charge in [0.2, 0.25) is 6.20 Å². The molecule has 1 atom stereocenters. The quantitative estimate of drug-likeness (QED) is 0.461. The Balaban J connectivity index is 2.54. The van der Waals surface area contributed by atoms with E-state index >= 15 is 0 Å². The topological polar surface area (TPSA) is 77.3 Å². The minimum Gasteiger partial charge on any atom is -0.259 e. The fourth-order valence-corrected chi connectivity index (χ4v) is 2.93. The van der Waals surface area contributed by atoms with Crippen molar-refractivity contribution in [3.8, 4) is 0 Å². The van der Waals surface area contributed by atoms with E-state index in [1.165, 1.54) is 6.08 Å². The van der Waals surface area contributed by atoms with E-state index in [-0.39, 0.29) is 17.4 Å². The molecule has 0 spiro atoms. The van der Waals surface area contributed by atoms with Crippen molar-refractivity contribution in [2.75, 3.05) is 11.5 Å². The molecule has 1 rings (SSSR count). The second-order valence-electron chi connectivity index (χ2n) is 2.79. The summed E-state index contributed by atoms with van der Waals surface area (Å²) in [5.41, 5.74) is 0. The Morgan fingerprint density at radius 1 is 1.50 bits per heavy atom. The molecule has 68 valence electrons. The lowest BCUT2D eigenvalue weighted by Gasteiger charge is -1.94. The Labute approximate surface area is 70.1 Å². The molecule has 0 aromatic rings. The van der Waals surface area contributed by atoms with Crippen LogP contribution in [0, 0.1) is 16.0 Å². The number of allylic oxidation sites excluding steroid dienone is 1. The highest BCUT2D eigenvalue weighted by molar-refractivity contribution is 7.91. The van der Waals surface area contributed by atoms with Gasteiger partial charge in [0.1, 0.15) is 0 Å². The van der Waals surface area contributed by atoms with Gasteiger partial charge >= 0.3 is 0 Å². The molecule has 0 aromatic heterocycles. The SMILES string of the molecule is O=[N+]([O-])/C=C/C1CCS(=O)(=O)C1. The lowest BCUT2D eigenvalue weighted by Crippen LogP contribution is -2.03. The Hall–Kier alpha value is -0.910.